The Morgan fingerprint density at radius 2 is 1.94 bits per heavy atom. The molecule has 2 rings (SSSR count). The van der Waals surface area contributed by atoms with Gasteiger partial charge in [0.15, 0.2) is 0 Å². The van der Waals surface area contributed by atoms with Crippen molar-refractivity contribution in [1.29, 1.82) is 0 Å². The van der Waals surface area contributed by atoms with Gasteiger partial charge in [-0.2, -0.15) is 0 Å². The molecule has 3 nitrogen and oxygen atoms in total. The lowest BCUT2D eigenvalue weighted by Crippen LogP contribution is -2.44. The van der Waals surface area contributed by atoms with Crippen LogP contribution in [0.3, 0.4) is 0 Å². The Hall–Kier alpha value is -1.35. The van der Waals surface area contributed by atoms with Gasteiger partial charge in [0.2, 0.25) is 5.91 Å². The molecule has 3 N–H and O–H groups in total. The second-order valence-corrected chi connectivity index (χ2v) is 4.77. The number of carbonyl (C=O) groups is 1. The first-order chi connectivity index (χ1) is 8.27. The zero-order valence-corrected chi connectivity index (χ0v) is 10.1. The first kappa shape index (κ1) is 12.1. The van der Waals surface area contributed by atoms with Crippen LogP contribution in [0.4, 0.5) is 0 Å². The van der Waals surface area contributed by atoms with Crippen molar-refractivity contribution in [2.75, 3.05) is 0 Å². The Morgan fingerprint density at radius 1 is 1.24 bits per heavy atom. The third-order valence-corrected chi connectivity index (χ3v) is 3.54. The van der Waals surface area contributed by atoms with Crippen LogP contribution in [-0.2, 0) is 11.3 Å². The van der Waals surface area contributed by atoms with Crippen molar-refractivity contribution in [3.05, 3.63) is 35.9 Å². The van der Waals surface area contributed by atoms with Gasteiger partial charge >= 0.3 is 0 Å². The molecule has 1 aliphatic rings. The fourth-order valence-corrected chi connectivity index (χ4v) is 2.56. The zero-order valence-electron chi connectivity index (χ0n) is 10.1. The summed E-state index contributed by atoms with van der Waals surface area (Å²) >= 11 is 0. The van der Waals surface area contributed by atoms with E-state index >= 15 is 0 Å². The van der Waals surface area contributed by atoms with Gasteiger partial charge in [-0.15, -0.1) is 0 Å². The van der Waals surface area contributed by atoms with E-state index in [0.717, 1.165) is 25.8 Å². The van der Waals surface area contributed by atoms with Crippen molar-refractivity contribution >= 4 is 5.91 Å². The number of hydrogen-bond acceptors (Lipinski definition) is 2. The predicted molar refractivity (Wildman–Crippen MR) is 68.2 cm³/mol. The van der Waals surface area contributed by atoms with Gasteiger partial charge in [0.25, 0.3) is 0 Å². The van der Waals surface area contributed by atoms with Crippen molar-refractivity contribution < 1.29 is 4.79 Å². The molecule has 1 saturated carbocycles. The summed E-state index contributed by atoms with van der Waals surface area (Å²) in [4.78, 5) is 11.4. The van der Waals surface area contributed by atoms with Crippen LogP contribution in [-0.4, -0.2) is 11.9 Å². The lowest BCUT2D eigenvalue weighted by Gasteiger charge is -2.30. The van der Waals surface area contributed by atoms with E-state index in [0.29, 0.717) is 0 Å². The van der Waals surface area contributed by atoms with Crippen LogP contribution >= 0.6 is 0 Å². The molecule has 0 unspecified atom stereocenters. The number of primary amides is 1. The highest BCUT2D eigenvalue weighted by Gasteiger charge is 2.28. The smallest absolute Gasteiger partial charge is 0.222 e. The summed E-state index contributed by atoms with van der Waals surface area (Å²) in [7, 11) is 0. The fraction of sp³-hybridized carbons (Fsp3) is 0.500. The van der Waals surface area contributed by atoms with Gasteiger partial charge in [-0.25, -0.2) is 0 Å². The molecule has 1 aliphatic carbocycles. The molecule has 0 aliphatic heterocycles. The molecule has 0 bridgehead atoms. The minimum Gasteiger partial charge on any atom is -0.369 e. The van der Waals surface area contributed by atoms with Gasteiger partial charge in [0.05, 0.1) is 5.92 Å². The molecular formula is C14H20N2O. The molecule has 17 heavy (non-hydrogen) atoms. The lowest BCUT2D eigenvalue weighted by molar-refractivity contribution is -0.123. The third-order valence-electron chi connectivity index (χ3n) is 3.54. The molecule has 1 fully saturated rings. The average molecular weight is 232 g/mol. The van der Waals surface area contributed by atoms with E-state index in [1.807, 2.05) is 18.2 Å². The Kier molecular flexibility index (Phi) is 4.15. The second-order valence-electron chi connectivity index (χ2n) is 4.77. The van der Waals surface area contributed by atoms with Gasteiger partial charge < -0.3 is 11.1 Å². The molecule has 2 atom stereocenters. The van der Waals surface area contributed by atoms with Gasteiger partial charge in [-0.05, 0) is 18.4 Å². The van der Waals surface area contributed by atoms with E-state index in [9.17, 15) is 4.79 Å². The molecule has 0 heterocycles. The molecule has 1 aromatic rings. The fourth-order valence-electron chi connectivity index (χ4n) is 2.56. The average Bonchev–Trinajstić information content (AvgIpc) is 2.38. The predicted octanol–water partition coefficient (Wildman–Crippen LogP) is 1.82. The van der Waals surface area contributed by atoms with Crippen LogP contribution in [0, 0.1) is 5.92 Å². The standard InChI is InChI=1S/C14H20N2O/c15-14(17)12-8-4-5-9-13(12)16-10-11-6-2-1-3-7-11/h1-3,6-7,12-13,16H,4-5,8-10H2,(H2,15,17)/t12-,13-/m0/s1. The molecule has 1 amide bonds. The Labute approximate surface area is 102 Å². The topological polar surface area (TPSA) is 55.1 Å². The number of hydrogen-bond donors (Lipinski definition) is 2. The molecule has 0 radical (unpaired) electrons. The second kappa shape index (κ2) is 5.82. The van der Waals surface area contributed by atoms with E-state index in [1.165, 1.54) is 12.0 Å². The maximum atomic E-state index is 11.4. The Morgan fingerprint density at radius 3 is 2.65 bits per heavy atom. The summed E-state index contributed by atoms with van der Waals surface area (Å²) in [5.41, 5.74) is 6.70. The summed E-state index contributed by atoms with van der Waals surface area (Å²) in [6.07, 6.45) is 4.30. The summed E-state index contributed by atoms with van der Waals surface area (Å²) in [6, 6.07) is 10.5. The van der Waals surface area contributed by atoms with Crippen LogP contribution in [0.2, 0.25) is 0 Å². The number of amides is 1. The SMILES string of the molecule is NC(=O)[C@H]1CCCC[C@@H]1NCc1ccccc1. The molecule has 0 aromatic heterocycles. The third kappa shape index (κ3) is 3.30. The van der Waals surface area contributed by atoms with Crippen molar-refractivity contribution in [1.82, 2.24) is 5.32 Å². The van der Waals surface area contributed by atoms with Crippen LogP contribution in [0.1, 0.15) is 31.2 Å². The monoisotopic (exact) mass is 232 g/mol. The number of nitrogens with one attached hydrogen (secondary N) is 1. The first-order valence-corrected chi connectivity index (χ1v) is 6.34. The lowest BCUT2D eigenvalue weighted by atomic mass is 9.84. The quantitative estimate of drug-likeness (QED) is 0.832. The van der Waals surface area contributed by atoms with Crippen molar-refractivity contribution in [2.45, 2.75) is 38.3 Å². The largest absolute Gasteiger partial charge is 0.369 e. The van der Waals surface area contributed by atoms with E-state index in [1.54, 1.807) is 0 Å². The Bertz CT molecular complexity index is 364. The minimum atomic E-state index is -0.157. The number of rotatable bonds is 4. The normalized spacial score (nSPS) is 24.5. The molecule has 0 spiro atoms. The van der Waals surface area contributed by atoms with E-state index in [4.69, 9.17) is 5.73 Å². The highest BCUT2D eigenvalue weighted by atomic mass is 16.1. The van der Waals surface area contributed by atoms with Gasteiger partial charge in [0.1, 0.15) is 0 Å². The van der Waals surface area contributed by atoms with Crippen LogP contribution in [0.15, 0.2) is 30.3 Å². The molecule has 92 valence electrons. The maximum Gasteiger partial charge on any atom is 0.222 e. The Balaban J connectivity index is 1.90. The summed E-state index contributed by atoms with van der Waals surface area (Å²) in [6.45, 7) is 0.815. The van der Waals surface area contributed by atoms with E-state index < -0.39 is 0 Å². The number of carbonyl (C=O) groups excluding carboxylic acids is 1. The summed E-state index contributed by atoms with van der Waals surface area (Å²) < 4.78 is 0. The number of nitrogens with two attached hydrogens (primary N) is 1. The molecule has 0 saturated heterocycles. The molecular weight excluding hydrogens is 212 g/mol. The van der Waals surface area contributed by atoms with Crippen molar-refractivity contribution in [3.8, 4) is 0 Å². The van der Waals surface area contributed by atoms with Gasteiger partial charge in [0, 0.05) is 12.6 Å². The zero-order chi connectivity index (χ0) is 12.1. The van der Waals surface area contributed by atoms with Crippen molar-refractivity contribution in [3.63, 3.8) is 0 Å². The van der Waals surface area contributed by atoms with Crippen molar-refractivity contribution in [2.24, 2.45) is 11.7 Å². The van der Waals surface area contributed by atoms with E-state index in [-0.39, 0.29) is 17.9 Å². The highest BCUT2D eigenvalue weighted by molar-refractivity contribution is 5.77. The first-order valence-electron chi connectivity index (χ1n) is 6.34. The molecule has 3 heteroatoms. The molecule has 1 aromatic carbocycles. The van der Waals surface area contributed by atoms with Crippen LogP contribution in [0.5, 0.6) is 0 Å². The maximum absolute atomic E-state index is 11.4. The summed E-state index contributed by atoms with van der Waals surface area (Å²) in [5, 5.41) is 3.47. The van der Waals surface area contributed by atoms with E-state index in [2.05, 4.69) is 17.4 Å². The summed E-state index contributed by atoms with van der Waals surface area (Å²) in [5.74, 6) is -0.150. The van der Waals surface area contributed by atoms with Crippen LogP contribution < -0.4 is 11.1 Å². The van der Waals surface area contributed by atoms with Crippen LogP contribution in [0.25, 0.3) is 0 Å². The number of benzene rings is 1. The van der Waals surface area contributed by atoms with Gasteiger partial charge in [-0.3, -0.25) is 4.79 Å². The minimum absolute atomic E-state index is 0.00691. The van der Waals surface area contributed by atoms with Gasteiger partial charge in [-0.1, -0.05) is 43.2 Å². The highest BCUT2D eigenvalue weighted by Crippen LogP contribution is 2.24.